The summed E-state index contributed by atoms with van der Waals surface area (Å²) in [6, 6.07) is 3.38. The normalized spacial score (nSPS) is 14.5. The van der Waals surface area contributed by atoms with Gasteiger partial charge < -0.3 is 0 Å². The molecule has 170 valence electrons. The van der Waals surface area contributed by atoms with E-state index >= 15 is 0 Å². The van der Waals surface area contributed by atoms with Crippen LogP contribution in [-0.4, -0.2) is 31.2 Å². The van der Waals surface area contributed by atoms with Gasteiger partial charge in [0.05, 0.1) is 0 Å². The summed E-state index contributed by atoms with van der Waals surface area (Å²) in [4.78, 5) is 24.0. The van der Waals surface area contributed by atoms with E-state index in [2.05, 4.69) is 61.0 Å². The van der Waals surface area contributed by atoms with E-state index < -0.39 is 0 Å². The third-order valence-corrected chi connectivity index (χ3v) is 6.55. The van der Waals surface area contributed by atoms with Crippen molar-refractivity contribution in [2.45, 2.75) is 48.0 Å². The Balaban J connectivity index is 0.000000562. The SMILES string of the molecule is C.CC(C)C([CH]=[W])=CC1=[C-]N(C)C(=O)CC1.CC(C)C([CH]=[W])=Cc1[c-]n(C)c(=O)cc1. The van der Waals surface area contributed by atoms with E-state index in [0.717, 1.165) is 17.6 Å². The second-order valence-electron chi connectivity index (χ2n) is 7.72. The molecule has 0 atom stereocenters. The van der Waals surface area contributed by atoms with Gasteiger partial charge in [0.1, 0.15) is 0 Å². The molecule has 2 rings (SSSR count). The molecule has 0 aliphatic carbocycles. The Bertz CT molecular complexity index is 922. The molecule has 0 aromatic carbocycles. The van der Waals surface area contributed by atoms with Crippen LogP contribution in [0.25, 0.3) is 6.08 Å². The van der Waals surface area contributed by atoms with Gasteiger partial charge >= 0.3 is 203 Å². The van der Waals surface area contributed by atoms with E-state index in [1.165, 1.54) is 54.4 Å². The van der Waals surface area contributed by atoms with Gasteiger partial charge in [0, 0.05) is 0 Å². The molecule has 0 bridgehead atoms. The molecule has 0 saturated carbocycles. The summed E-state index contributed by atoms with van der Waals surface area (Å²) < 4.78 is 5.85. The Morgan fingerprint density at radius 2 is 1.52 bits per heavy atom. The average molecular weight is 762 g/mol. The Hall–Kier alpha value is -1.24. The molecule has 0 unspecified atom stereocenters. The van der Waals surface area contributed by atoms with Gasteiger partial charge in [-0.15, -0.1) is 0 Å². The Morgan fingerprint density at radius 3 is 1.97 bits per heavy atom. The third-order valence-electron chi connectivity index (χ3n) is 4.60. The Kier molecular flexibility index (Phi) is 14.2. The molecule has 1 aliphatic heterocycles. The number of aryl methyl sites for hydroxylation is 1. The van der Waals surface area contributed by atoms with Crippen LogP contribution in [0, 0.1) is 24.2 Å². The number of rotatable bonds is 6. The van der Waals surface area contributed by atoms with Crippen LogP contribution in [0.4, 0.5) is 0 Å². The topological polar surface area (TPSA) is 42.3 Å². The van der Waals surface area contributed by atoms with Gasteiger partial charge in [-0.25, -0.2) is 0 Å². The van der Waals surface area contributed by atoms with Gasteiger partial charge in [-0.1, -0.05) is 7.43 Å². The van der Waals surface area contributed by atoms with Crippen molar-refractivity contribution in [2.24, 2.45) is 18.9 Å². The zero-order valence-corrected chi connectivity index (χ0v) is 24.4. The van der Waals surface area contributed by atoms with Gasteiger partial charge in [0.2, 0.25) is 0 Å². The molecular weight excluding hydrogens is 728 g/mol. The fourth-order valence-corrected chi connectivity index (χ4v) is 4.99. The molecule has 1 amide bonds. The molecule has 4 nitrogen and oxygen atoms in total. The minimum absolute atomic E-state index is 0. The number of hydrogen-bond donors (Lipinski definition) is 0. The molecule has 2 heterocycles. The Morgan fingerprint density at radius 1 is 0.968 bits per heavy atom. The molecule has 1 aliphatic rings. The van der Waals surface area contributed by atoms with Crippen molar-refractivity contribution in [3.8, 4) is 0 Å². The number of carbonyl (C=O) groups excluding carboxylic acids is 1. The van der Waals surface area contributed by atoms with Crippen molar-refractivity contribution < 1.29 is 43.5 Å². The van der Waals surface area contributed by atoms with Crippen LogP contribution < -0.4 is 5.56 Å². The third kappa shape index (κ3) is 10.3. The molecule has 1 aromatic rings. The van der Waals surface area contributed by atoms with E-state index in [-0.39, 0.29) is 18.9 Å². The van der Waals surface area contributed by atoms with E-state index in [1.807, 2.05) is 6.07 Å². The fourth-order valence-electron chi connectivity index (χ4n) is 2.54. The molecule has 0 N–H and O–H groups in total. The minimum atomic E-state index is -0.0237. The van der Waals surface area contributed by atoms with Crippen LogP contribution in [0.1, 0.15) is 53.5 Å². The van der Waals surface area contributed by atoms with E-state index in [9.17, 15) is 9.59 Å². The van der Waals surface area contributed by atoms with Crippen LogP contribution >= 0.6 is 0 Å². The summed E-state index contributed by atoms with van der Waals surface area (Å²) in [6.45, 7) is 8.69. The van der Waals surface area contributed by atoms with E-state index in [1.54, 1.807) is 25.1 Å². The zero-order chi connectivity index (χ0) is 22.8. The molecule has 1 aromatic heterocycles. The number of carbonyl (C=O) groups is 1. The van der Waals surface area contributed by atoms with Gasteiger partial charge in [-0.05, 0) is 0 Å². The first-order valence-electron chi connectivity index (χ1n) is 9.91. The summed E-state index contributed by atoms with van der Waals surface area (Å²) in [6.07, 6.45) is 11.8. The average Bonchev–Trinajstić information content (AvgIpc) is 2.69. The van der Waals surface area contributed by atoms with Crippen LogP contribution in [0.3, 0.4) is 0 Å². The first-order chi connectivity index (χ1) is 14.1. The number of allylic oxidation sites excluding steroid dienone is 4. The van der Waals surface area contributed by atoms with Crippen molar-refractivity contribution in [3.63, 3.8) is 0 Å². The van der Waals surface area contributed by atoms with Crippen molar-refractivity contribution in [1.29, 1.82) is 0 Å². The number of hydrogen-bond acceptors (Lipinski definition) is 2. The first kappa shape index (κ1) is 29.8. The number of pyridine rings is 1. The summed E-state index contributed by atoms with van der Waals surface area (Å²) in [5, 5.41) is 0. The number of amides is 1. The van der Waals surface area contributed by atoms with Crippen molar-refractivity contribution >= 4 is 20.8 Å². The van der Waals surface area contributed by atoms with Crippen molar-refractivity contribution in [3.05, 3.63) is 63.2 Å². The predicted molar refractivity (Wildman–Crippen MR) is 124 cm³/mol. The monoisotopic (exact) mass is 762 g/mol. The first-order valence-corrected chi connectivity index (χ1v) is 13.3. The summed E-state index contributed by atoms with van der Waals surface area (Å²) >= 11 is 2.90. The van der Waals surface area contributed by atoms with Crippen molar-refractivity contribution in [2.75, 3.05) is 7.05 Å². The maximum absolute atomic E-state index is 11.3. The number of nitrogens with zero attached hydrogens (tertiary/aromatic N) is 2. The fraction of sp³-hybridized carbons (Fsp3) is 0.440. The van der Waals surface area contributed by atoms with Crippen LogP contribution in [0.15, 0.2) is 39.7 Å². The van der Waals surface area contributed by atoms with Gasteiger partial charge in [0.25, 0.3) is 0 Å². The van der Waals surface area contributed by atoms with Crippen LogP contribution in [0.5, 0.6) is 0 Å². The van der Waals surface area contributed by atoms with Gasteiger partial charge in [-0.3, -0.25) is 0 Å². The molecular formula is C25H34N2O2W2-2. The van der Waals surface area contributed by atoms with Crippen LogP contribution in [0.2, 0.25) is 0 Å². The quantitative estimate of drug-likeness (QED) is 0.411. The second kappa shape index (κ2) is 14.7. The molecule has 31 heavy (non-hydrogen) atoms. The summed E-state index contributed by atoms with van der Waals surface area (Å²) in [5.74, 6) is 1.21. The Labute approximate surface area is 209 Å². The predicted octanol–water partition coefficient (Wildman–Crippen LogP) is 4.07. The number of aromatic nitrogens is 1. The second-order valence-corrected chi connectivity index (χ2v) is 9.41. The standard InChI is InChI=1S/C12H16NO.C12H14NO.CH4.2W/c2*1-9(2)10(3)7-11-5-6-12(14)13(4)8-11;;;/h3,7,9H,5-6H2,1-2,4H3;3,5-7,9H,1-2,4H3;1H4;;/q2*-1;;;. The van der Waals surface area contributed by atoms with Gasteiger partial charge in [-0.2, -0.15) is 0 Å². The summed E-state index contributed by atoms with van der Waals surface area (Å²) in [5.41, 5.74) is 4.70. The molecule has 0 radical (unpaired) electrons. The maximum atomic E-state index is 11.3. The molecule has 0 fully saturated rings. The zero-order valence-electron chi connectivity index (χ0n) is 18.6. The molecule has 6 heteroatoms. The summed E-state index contributed by atoms with van der Waals surface area (Å²) in [7, 11) is 3.49. The van der Waals surface area contributed by atoms with Gasteiger partial charge in [0.15, 0.2) is 0 Å². The van der Waals surface area contributed by atoms with E-state index in [0.29, 0.717) is 18.3 Å². The van der Waals surface area contributed by atoms with Crippen LogP contribution in [-0.2, 0) is 50.5 Å². The van der Waals surface area contributed by atoms with Crippen molar-refractivity contribution in [1.82, 2.24) is 9.47 Å². The molecule has 0 saturated heterocycles. The van der Waals surface area contributed by atoms with E-state index in [4.69, 9.17) is 0 Å². The molecule has 0 spiro atoms.